The first-order valence-corrected chi connectivity index (χ1v) is 5.98. The summed E-state index contributed by atoms with van der Waals surface area (Å²) in [4.78, 5) is 15.6. The molecule has 1 heterocycles. The van der Waals surface area contributed by atoms with Crippen molar-refractivity contribution in [1.82, 2.24) is 20.1 Å². The largest absolute Gasteiger partial charge is 0.393 e. The molecule has 94 valence electrons. The molecule has 2 N–H and O–H groups in total. The van der Waals surface area contributed by atoms with Crippen LogP contribution in [0.3, 0.4) is 0 Å². The highest BCUT2D eigenvalue weighted by atomic mass is 16.3. The molecule has 6 nitrogen and oxygen atoms in total. The minimum atomic E-state index is -0.365. The van der Waals surface area contributed by atoms with Crippen molar-refractivity contribution in [3.63, 3.8) is 0 Å². The van der Waals surface area contributed by atoms with Crippen LogP contribution in [0.4, 0.5) is 0 Å². The Morgan fingerprint density at radius 2 is 2.47 bits per heavy atom. The monoisotopic (exact) mass is 238 g/mol. The van der Waals surface area contributed by atoms with Gasteiger partial charge in [0.25, 0.3) is 0 Å². The van der Waals surface area contributed by atoms with Gasteiger partial charge in [0.1, 0.15) is 18.7 Å². The minimum Gasteiger partial charge on any atom is -0.393 e. The van der Waals surface area contributed by atoms with Gasteiger partial charge in [-0.3, -0.25) is 4.79 Å². The van der Waals surface area contributed by atoms with Gasteiger partial charge in [-0.2, -0.15) is 5.10 Å². The van der Waals surface area contributed by atoms with Gasteiger partial charge in [0.05, 0.1) is 6.10 Å². The van der Waals surface area contributed by atoms with Crippen LogP contribution in [-0.2, 0) is 4.79 Å². The third kappa shape index (κ3) is 2.82. The molecule has 1 saturated carbocycles. The van der Waals surface area contributed by atoms with Crippen molar-refractivity contribution in [2.75, 3.05) is 6.54 Å². The molecule has 1 aliphatic rings. The van der Waals surface area contributed by atoms with Gasteiger partial charge in [0.2, 0.25) is 5.91 Å². The van der Waals surface area contributed by atoms with E-state index < -0.39 is 0 Å². The molecule has 6 heteroatoms. The van der Waals surface area contributed by atoms with Crippen molar-refractivity contribution in [2.24, 2.45) is 5.92 Å². The predicted octanol–water partition coefficient (Wildman–Crippen LogP) is 0.116. The summed E-state index contributed by atoms with van der Waals surface area (Å²) in [5, 5.41) is 16.4. The Bertz CT molecular complexity index is 366. The van der Waals surface area contributed by atoms with Gasteiger partial charge in [-0.25, -0.2) is 9.67 Å². The zero-order valence-corrected chi connectivity index (χ0v) is 9.91. The first-order valence-electron chi connectivity index (χ1n) is 5.98. The van der Waals surface area contributed by atoms with E-state index in [9.17, 15) is 9.90 Å². The number of aliphatic hydroxyl groups is 1. The number of aliphatic hydroxyl groups excluding tert-OH is 1. The minimum absolute atomic E-state index is 0.0883. The summed E-state index contributed by atoms with van der Waals surface area (Å²) in [6, 6.07) is -0.365. The average molecular weight is 238 g/mol. The first kappa shape index (κ1) is 12.0. The second-order valence-electron chi connectivity index (χ2n) is 4.55. The molecule has 17 heavy (non-hydrogen) atoms. The number of nitrogens with zero attached hydrogens (tertiary/aromatic N) is 3. The lowest BCUT2D eigenvalue weighted by Crippen LogP contribution is -2.36. The highest BCUT2D eigenvalue weighted by Gasteiger charge is 2.26. The number of carbonyl (C=O) groups excluding carboxylic acids is 1. The maximum absolute atomic E-state index is 11.8. The number of carbonyl (C=O) groups is 1. The van der Waals surface area contributed by atoms with E-state index in [2.05, 4.69) is 15.4 Å². The molecule has 1 aliphatic carbocycles. The smallest absolute Gasteiger partial charge is 0.244 e. The van der Waals surface area contributed by atoms with E-state index in [1.54, 1.807) is 6.92 Å². The predicted molar refractivity (Wildman–Crippen MR) is 61.1 cm³/mol. The van der Waals surface area contributed by atoms with Crippen molar-refractivity contribution in [1.29, 1.82) is 0 Å². The fraction of sp³-hybridized carbons (Fsp3) is 0.727. The Kier molecular flexibility index (Phi) is 3.73. The molecule has 3 atom stereocenters. The number of aromatic nitrogens is 3. The molecule has 1 fully saturated rings. The van der Waals surface area contributed by atoms with Crippen molar-refractivity contribution in [2.45, 2.75) is 38.3 Å². The summed E-state index contributed by atoms with van der Waals surface area (Å²) in [5.74, 6) is 0.108. The molecule has 0 bridgehead atoms. The van der Waals surface area contributed by atoms with Gasteiger partial charge in [0, 0.05) is 12.5 Å². The molecule has 3 unspecified atom stereocenters. The first-order chi connectivity index (χ1) is 8.18. The van der Waals surface area contributed by atoms with Crippen LogP contribution in [-0.4, -0.2) is 38.4 Å². The fourth-order valence-corrected chi connectivity index (χ4v) is 2.17. The Morgan fingerprint density at radius 1 is 1.65 bits per heavy atom. The van der Waals surface area contributed by atoms with Crippen molar-refractivity contribution in [3.8, 4) is 0 Å². The number of nitrogens with one attached hydrogen (secondary N) is 1. The van der Waals surface area contributed by atoms with E-state index in [1.807, 2.05) is 0 Å². The van der Waals surface area contributed by atoms with Gasteiger partial charge < -0.3 is 10.4 Å². The van der Waals surface area contributed by atoms with Crippen LogP contribution in [0.1, 0.15) is 32.2 Å². The molecule has 1 aromatic heterocycles. The summed E-state index contributed by atoms with van der Waals surface area (Å²) in [5.41, 5.74) is 0. The second kappa shape index (κ2) is 5.27. The van der Waals surface area contributed by atoms with E-state index in [0.29, 0.717) is 6.54 Å². The Labute approximate surface area is 100 Å². The van der Waals surface area contributed by atoms with Crippen LogP contribution in [0, 0.1) is 5.92 Å². The van der Waals surface area contributed by atoms with Crippen LogP contribution >= 0.6 is 0 Å². The van der Waals surface area contributed by atoms with E-state index in [4.69, 9.17) is 0 Å². The van der Waals surface area contributed by atoms with Crippen molar-refractivity contribution >= 4 is 5.91 Å². The van der Waals surface area contributed by atoms with Crippen LogP contribution in [0.2, 0.25) is 0 Å². The van der Waals surface area contributed by atoms with Crippen molar-refractivity contribution in [3.05, 3.63) is 12.7 Å². The lowest BCUT2D eigenvalue weighted by Gasteiger charge is -2.17. The fourth-order valence-electron chi connectivity index (χ4n) is 2.17. The van der Waals surface area contributed by atoms with E-state index in [1.165, 1.54) is 17.3 Å². The van der Waals surface area contributed by atoms with Crippen LogP contribution in [0.15, 0.2) is 12.7 Å². The summed E-state index contributed by atoms with van der Waals surface area (Å²) in [7, 11) is 0. The standard InChI is InChI=1S/C11H18N4O2/c1-8(15-7-12-6-14-15)11(17)13-5-9-3-2-4-10(9)16/h6-10,16H,2-5H2,1H3,(H,13,17). The highest BCUT2D eigenvalue weighted by molar-refractivity contribution is 5.79. The molecule has 0 aliphatic heterocycles. The number of rotatable bonds is 4. The maximum atomic E-state index is 11.8. The third-order valence-corrected chi connectivity index (χ3v) is 3.37. The third-order valence-electron chi connectivity index (χ3n) is 3.37. The van der Waals surface area contributed by atoms with E-state index in [0.717, 1.165) is 19.3 Å². The maximum Gasteiger partial charge on any atom is 0.244 e. The zero-order valence-electron chi connectivity index (χ0n) is 9.91. The summed E-state index contributed by atoms with van der Waals surface area (Å²) >= 11 is 0. The highest BCUT2D eigenvalue weighted by Crippen LogP contribution is 2.24. The summed E-state index contributed by atoms with van der Waals surface area (Å²) < 4.78 is 1.51. The van der Waals surface area contributed by atoms with Crippen molar-refractivity contribution < 1.29 is 9.90 Å². The lowest BCUT2D eigenvalue weighted by atomic mass is 10.1. The molecule has 0 aromatic carbocycles. The quantitative estimate of drug-likeness (QED) is 0.780. The Hall–Kier alpha value is -1.43. The van der Waals surface area contributed by atoms with Gasteiger partial charge >= 0.3 is 0 Å². The Balaban J connectivity index is 1.81. The van der Waals surface area contributed by atoms with Crippen LogP contribution in [0.5, 0.6) is 0 Å². The molecule has 1 aromatic rings. The molecule has 0 spiro atoms. The van der Waals surface area contributed by atoms with Gasteiger partial charge in [-0.05, 0) is 19.8 Å². The Morgan fingerprint density at radius 3 is 3.06 bits per heavy atom. The molecule has 0 radical (unpaired) electrons. The summed E-state index contributed by atoms with van der Waals surface area (Å²) in [6.45, 7) is 2.31. The van der Waals surface area contributed by atoms with Crippen LogP contribution in [0.25, 0.3) is 0 Å². The molecule has 1 amide bonds. The molecular weight excluding hydrogens is 220 g/mol. The topological polar surface area (TPSA) is 80.0 Å². The normalized spacial score (nSPS) is 25.8. The molecule has 0 saturated heterocycles. The van der Waals surface area contributed by atoms with Gasteiger partial charge in [-0.15, -0.1) is 0 Å². The van der Waals surface area contributed by atoms with Gasteiger partial charge in [0.15, 0.2) is 0 Å². The van der Waals surface area contributed by atoms with Crippen LogP contribution < -0.4 is 5.32 Å². The van der Waals surface area contributed by atoms with E-state index >= 15 is 0 Å². The molecular formula is C11H18N4O2. The molecule has 2 rings (SSSR count). The SMILES string of the molecule is CC(C(=O)NCC1CCCC1O)n1cncn1. The summed E-state index contributed by atoms with van der Waals surface area (Å²) in [6.07, 6.45) is 5.54. The lowest BCUT2D eigenvalue weighted by molar-refractivity contribution is -0.124. The van der Waals surface area contributed by atoms with Gasteiger partial charge in [-0.1, -0.05) is 6.42 Å². The van der Waals surface area contributed by atoms with E-state index in [-0.39, 0.29) is 24.0 Å². The zero-order chi connectivity index (χ0) is 12.3. The number of amides is 1. The second-order valence-corrected chi connectivity index (χ2v) is 4.55. The average Bonchev–Trinajstić information content (AvgIpc) is 2.96. The number of hydrogen-bond donors (Lipinski definition) is 2. The number of hydrogen-bond acceptors (Lipinski definition) is 4.